The van der Waals surface area contributed by atoms with E-state index in [4.69, 9.17) is 4.74 Å². The number of rotatable bonds is 5. The maximum Gasteiger partial charge on any atom is 0.357 e. The summed E-state index contributed by atoms with van der Waals surface area (Å²) in [5, 5.41) is 14.3. The molecule has 0 saturated carbocycles. The van der Waals surface area contributed by atoms with Crippen molar-refractivity contribution in [3.05, 3.63) is 76.2 Å². The molecule has 1 aliphatic rings. The number of carboxylic acids is 1. The Hall–Kier alpha value is -3.03. The molecule has 0 radical (unpaired) electrons. The Labute approximate surface area is 161 Å². The predicted molar refractivity (Wildman–Crippen MR) is 104 cm³/mol. The molecule has 0 aliphatic carbocycles. The minimum Gasteiger partial charge on any atom is -0.476 e. The zero-order valence-electron chi connectivity index (χ0n) is 15.3. The molecule has 28 heavy (non-hydrogen) atoms. The van der Waals surface area contributed by atoms with E-state index in [9.17, 15) is 14.7 Å². The number of morpholine rings is 1. The summed E-state index contributed by atoms with van der Waals surface area (Å²) in [6.45, 7) is 3.05. The van der Waals surface area contributed by atoms with E-state index >= 15 is 0 Å². The highest BCUT2D eigenvalue weighted by molar-refractivity contribution is 6.01. The zero-order chi connectivity index (χ0) is 19.5. The first-order chi connectivity index (χ1) is 13.6. The van der Waals surface area contributed by atoms with Crippen LogP contribution in [0, 0.1) is 0 Å². The van der Waals surface area contributed by atoms with E-state index in [-0.39, 0.29) is 23.9 Å². The van der Waals surface area contributed by atoms with Crippen molar-refractivity contribution in [1.82, 2.24) is 14.7 Å². The van der Waals surface area contributed by atoms with Gasteiger partial charge in [-0.25, -0.2) is 9.48 Å². The first kappa shape index (κ1) is 18.3. The normalized spacial score (nSPS) is 17.6. The second kappa shape index (κ2) is 7.92. The van der Waals surface area contributed by atoms with E-state index in [1.54, 1.807) is 24.3 Å². The van der Waals surface area contributed by atoms with Gasteiger partial charge >= 0.3 is 5.97 Å². The Kier molecular flexibility index (Phi) is 5.18. The van der Waals surface area contributed by atoms with Crippen molar-refractivity contribution >= 4 is 16.7 Å². The number of fused-ring (bicyclic) bond motifs is 1. The molecular formula is C21H21N3O4. The van der Waals surface area contributed by atoms with Crippen molar-refractivity contribution in [2.75, 3.05) is 19.7 Å². The van der Waals surface area contributed by atoms with Crippen LogP contribution in [0.5, 0.6) is 0 Å². The Morgan fingerprint density at radius 2 is 1.82 bits per heavy atom. The summed E-state index contributed by atoms with van der Waals surface area (Å²) in [6.07, 6.45) is -0.231. The molecule has 3 aromatic rings. The molecule has 0 spiro atoms. The number of hydrogen-bond donors (Lipinski definition) is 1. The Morgan fingerprint density at radius 1 is 1.11 bits per heavy atom. The summed E-state index contributed by atoms with van der Waals surface area (Å²) in [5.41, 5.74) is 0.800. The first-order valence-electron chi connectivity index (χ1n) is 9.23. The number of ether oxygens (including phenoxy) is 1. The van der Waals surface area contributed by atoms with Gasteiger partial charge < -0.3 is 9.84 Å². The Bertz CT molecular complexity index is 1050. The van der Waals surface area contributed by atoms with E-state index in [0.29, 0.717) is 23.9 Å². The van der Waals surface area contributed by atoms with Gasteiger partial charge in [0.05, 0.1) is 24.6 Å². The lowest BCUT2D eigenvalue weighted by Crippen LogP contribution is -2.45. The van der Waals surface area contributed by atoms with Crippen LogP contribution < -0.4 is 5.56 Å². The standard InChI is InChI=1S/C21H21N3O4/c25-20-18-9-5-4-8-17(18)19(21(26)27)22-24(20)14-16-13-23(10-11-28-16)12-15-6-2-1-3-7-15/h1-9,16H,10-14H2,(H,26,27). The summed E-state index contributed by atoms with van der Waals surface area (Å²) in [7, 11) is 0. The number of carbonyl (C=O) groups is 1. The molecule has 1 aliphatic heterocycles. The molecule has 1 fully saturated rings. The van der Waals surface area contributed by atoms with Gasteiger partial charge in [0, 0.05) is 25.0 Å². The molecule has 1 atom stereocenters. The third-order valence-electron chi connectivity index (χ3n) is 4.92. The van der Waals surface area contributed by atoms with Crippen molar-refractivity contribution in [3.8, 4) is 0 Å². The van der Waals surface area contributed by atoms with Crippen LogP contribution in [0.2, 0.25) is 0 Å². The fourth-order valence-corrected chi connectivity index (χ4v) is 3.59. The summed E-state index contributed by atoms with van der Waals surface area (Å²) in [6, 6.07) is 16.8. The first-order valence-corrected chi connectivity index (χ1v) is 9.23. The third-order valence-corrected chi connectivity index (χ3v) is 4.92. The molecule has 7 heteroatoms. The largest absolute Gasteiger partial charge is 0.476 e. The van der Waals surface area contributed by atoms with Crippen LogP contribution in [0.1, 0.15) is 16.1 Å². The summed E-state index contributed by atoms with van der Waals surface area (Å²) >= 11 is 0. The molecule has 1 N–H and O–H groups in total. The van der Waals surface area contributed by atoms with E-state index in [2.05, 4.69) is 22.1 Å². The van der Waals surface area contributed by atoms with Gasteiger partial charge in [0.2, 0.25) is 0 Å². The topological polar surface area (TPSA) is 84.7 Å². The molecule has 0 amide bonds. The quantitative estimate of drug-likeness (QED) is 0.730. The van der Waals surface area contributed by atoms with Crippen LogP contribution in [0.3, 0.4) is 0 Å². The molecule has 2 aromatic carbocycles. The summed E-state index contributed by atoms with van der Waals surface area (Å²) < 4.78 is 7.05. The highest BCUT2D eigenvalue weighted by atomic mass is 16.5. The monoisotopic (exact) mass is 379 g/mol. The molecule has 7 nitrogen and oxygen atoms in total. The minimum atomic E-state index is -1.15. The van der Waals surface area contributed by atoms with Gasteiger partial charge in [0.1, 0.15) is 0 Å². The smallest absolute Gasteiger partial charge is 0.357 e. The van der Waals surface area contributed by atoms with Crippen LogP contribution >= 0.6 is 0 Å². The van der Waals surface area contributed by atoms with Gasteiger partial charge in [-0.2, -0.15) is 5.10 Å². The van der Waals surface area contributed by atoms with Crippen LogP contribution in [-0.2, 0) is 17.8 Å². The molecule has 4 rings (SSSR count). The van der Waals surface area contributed by atoms with Crippen LogP contribution in [0.4, 0.5) is 0 Å². The second-order valence-electron chi connectivity index (χ2n) is 6.90. The van der Waals surface area contributed by atoms with Crippen LogP contribution in [0.25, 0.3) is 10.8 Å². The van der Waals surface area contributed by atoms with Crippen LogP contribution in [0.15, 0.2) is 59.4 Å². The minimum absolute atomic E-state index is 0.118. The van der Waals surface area contributed by atoms with Gasteiger partial charge in [0.15, 0.2) is 5.69 Å². The Morgan fingerprint density at radius 3 is 2.57 bits per heavy atom. The van der Waals surface area contributed by atoms with Crippen LogP contribution in [-0.4, -0.2) is 51.6 Å². The summed E-state index contributed by atoms with van der Waals surface area (Å²) in [4.78, 5) is 26.7. The highest BCUT2D eigenvalue weighted by Crippen LogP contribution is 2.15. The highest BCUT2D eigenvalue weighted by Gasteiger charge is 2.23. The number of nitrogens with zero attached hydrogens (tertiary/aromatic N) is 3. The SMILES string of the molecule is O=C(O)c1nn(CC2CN(Cc3ccccc3)CCO2)c(=O)c2ccccc12. The predicted octanol–water partition coefficient (Wildman–Crippen LogP) is 2.00. The lowest BCUT2D eigenvalue weighted by atomic mass is 10.1. The number of carboxylic acid groups (broad SMARTS) is 1. The van der Waals surface area contributed by atoms with Crippen molar-refractivity contribution in [2.45, 2.75) is 19.2 Å². The molecule has 1 unspecified atom stereocenters. The molecule has 1 saturated heterocycles. The van der Waals surface area contributed by atoms with Crippen molar-refractivity contribution in [1.29, 1.82) is 0 Å². The zero-order valence-corrected chi connectivity index (χ0v) is 15.3. The third kappa shape index (κ3) is 3.81. The number of benzene rings is 2. The van der Waals surface area contributed by atoms with Gasteiger partial charge in [-0.05, 0) is 11.6 Å². The van der Waals surface area contributed by atoms with Gasteiger partial charge in [-0.1, -0.05) is 48.5 Å². The number of aromatic nitrogens is 2. The summed E-state index contributed by atoms with van der Waals surface area (Å²) in [5.74, 6) is -1.15. The van der Waals surface area contributed by atoms with Crippen molar-refractivity contribution < 1.29 is 14.6 Å². The van der Waals surface area contributed by atoms with Crippen molar-refractivity contribution in [2.24, 2.45) is 0 Å². The van der Waals surface area contributed by atoms with Gasteiger partial charge in [-0.15, -0.1) is 0 Å². The van der Waals surface area contributed by atoms with E-state index in [1.165, 1.54) is 10.2 Å². The molecule has 2 heterocycles. The molecule has 1 aromatic heterocycles. The second-order valence-corrected chi connectivity index (χ2v) is 6.90. The molecule has 144 valence electrons. The average molecular weight is 379 g/mol. The lowest BCUT2D eigenvalue weighted by molar-refractivity contribution is -0.0408. The van der Waals surface area contributed by atoms with Gasteiger partial charge in [-0.3, -0.25) is 9.69 Å². The fraction of sp³-hybridized carbons (Fsp3) is 0.286. The van der Waals surface area contributed by atoms with E-state index < -0.39 is 5.97 Å². The number of hydrogen-bond acceptors (Lipinski definition) is 5. The molecular weight excluding hydrogens is 358 g/mol. The lowest BCUT2D eigenvalue weighted by Gasteiger charge is -2.33. The Balaban J connectivity index is 1.57. The van der Waals surface area contributed by atoms with Crippen molar-refractivity contribution in [3.63, 3.8) is 0 Å². The van der Waals surface area contributed by atoms with E-state index in [1.807, 2.05) is 18.2 Å². The average Bonchev–Trinajstić information content (AvgIpc) is 2.71. The number of aromatic carboxylic acids is 1. The maximum atomic E-state index is 12.8. The fourth-order valence-electron chi connectivity index (χ4n) is 3.59. The van der Waals surface area contributed by atoms with E-state index in [0.717, 1.165) is 13.1 Å². The van der Waals surface area contributed by atoms with Gasteiger partial charge in [0.25, 0.3) is 5.56 Å². The molecule has 0 bridgehead atoms. The maximum absolute atomic E-state index is 12.8.